The minimum Gasteiger partial charge on any atom is -0.480 e. The minimum absolute atomic E-state index is 0.107. The molecule has 1 aliphatic heterocycles. The molecule has 1 saturated heterocycles. The van der Waals surface area contributed by atoms with Crippen molar-refractivity contribution >= 4 is 42.3 Å². The van der Waals surface area contributed by atoms with E-state index in [1.54, 1.807) is 0 Å². The first-order chi connectivity index (χ1) is 14.6. The maximum absolute atomic E-state index is 13.1. The first-order valence-corrected chi connectivity index (χ1v) is 10.4. The number of nitrogens with zero attached hydrogens (tertiary/aromatic N) is 2. The second-order valence-corrected chi connectivity index (χ2v) is 7.44. The number of carbonyl (C=O) groups excluding carboxylic acids is 3. The molecule has 4 unspecified atom stereocenters. The van der Waals surface area contributed by atoms with Gasteiger partial charge in [0.2, 0.25) is 17.7 Å². The van der Waals surface area contributed by atoms with Gasteiger partial charge in [-0.15, -0.1) is 0 Å². The van der Waals surface area contributed by atoms with Crippen LogP contribution in [-0.2, 0) is 19.2 Å². The molecule has 1 rings (SSSR count). The van der Waals surface area contributed by atoms with Crippen LogP contribution in [0.25, 0.3) is 0 Å². The zero-order chi connectivity index (χ0) is 23.6. The lowest BCUT2D eigenvalue weighted by atomic mass is 10.1. The summed E-state index contributed by atoms with van der Waals surface area (Å²) in [5.41, 5.74) is 16.1. The van der Waals surface area contributed by atoms with E-state index in [-0.39, 0.29) is 31.2 Å². The van der Waals surface area contributed by atoms with Gasteiger partial charge in [-0.1, -0.05) is 0 Å². The zero-order valence-electron chi connectivity index (χ0n) is 17.1. The molecule has 0 saturated carbocycles. The molecule has 0 aromatic rings. The van der Waals surface area contributed by atoms with Crippen LogP contribution < -0.4 is 27.8 Å². The SMILES string of the molecule is NC(N)=NCCCC(NC(=O)C(N)CO)C(=O)N1CCCC1C(=O)NC(CS)C(=O)O. The summed E-state index contributed by atoms with van der Waals surface area (Å²) in [5.74, 6) is -3.29. The number of carboxylic acids is 1. The number of nitrogens with one attached hydrogen (secondary N) is 2. The van der Waals surface area contributed by atoms with E-state index >= 15 is 0 Å². The number of rotatable bonds is 12. The summed E-state index contributed by atoms with van der Waals surface area (Å²) in [7, 11) is 0. The maximum atomic E-state index is 13.1. The van der Waals surface area contributed by atoms with Gasteiger partial charge in [-0.25, -0.2) is 4.79 Å². The number of aliphatic carboxylic acids is 1. The number of carbonyl (C=O) groups is 4. The number of aliphatic hydroxyl groups excluding tert-OH is 1. The van der Waals surface area contributed by atoms with Gasteiger partial charge in [-0.2, -0.15) is 12.6 Å². The van der Waals surface area contributed by atoms with Gasteiger partial charge in [0.1, 0.15) is 24.2 Å². The highest BCUT2D eigenvalue weighted by molar-refractivity contribution is 7.80. The summed E-state index contributed by atoms with van der Waals surface area (Å²) in [5, 5.41) is 23.1. The van der Waals surface area contributed by atoms with Crippen LogP contribution >= 0.6 is 12.6 Å². The van der Waals surface area contributed by atoms with Gasteiger partial charge in [0.25, 0.3) is 0 Å². The van der Waals surface area contributed by atoms with Crippen LogP contribution in [0.5, 0.6) is 0 Å². The number of aliphatic imine (C=N–C) groups is 1. The molecule has 1 fully saturated rings. The molecule has 0 aromatic heterocycles. The Morgan fingerprint density at radius 3 is 2.42 bits per heavy atom. The van der Waals surface area contributed by atoms with E-state index in [1.165, 1.54) is 4.90 Å². The van der Waals surface area contributed by atoms with E-state index in [0.29, 0.717) is 19.3 Å². The number of thiol groups is 1. The largest absolute Gasteiger partial charge is 0.480 e. The van der Waals surface area contributed by atoms with E-state index in [9.17, 15) is 19.2 Å². The van der Waals surface area contributed by atoms with Crippen molar-refractivity contribution in [2.75, 3.05) is 25.4 Å². The first-order valence-electron chi connectivity index (χ1n) is 9.79. The highest BCUT2D eigenvalue weighted by atomic mass is 32.1. The topological polar surface area (TPSA) is 226 Å². The van der Waals surface area contributed by atoms with E-state index in [4.69, 9.17) is 27.4 Å². The van der Waals surface area contributed by atoms with Crippen molar-refractivity contribution in [2.24, 2.45) is 22.2 Å². The van der Waals surface area contributed by atoms with Crippen LogP contribution in [0.15, 0.2) is 4.99 Å². The van der Waals surface area contributed by atoms with Gasteiger partial charge in [-0.3, -0.25) is 19.4 Å². The Bertz CT molecular complexity index is 688. The lowest BCUT2D eigenvalue weighted by Crippen LogP contribution is -2.57. The third kappa shape index (κ3) is 8.22. The van der Waals surface area contributed by atoms with Crippen LogP contribution in [0.1, 0.15) is 25.7 Å². The summed E-state index contributed by atoms with van der Waals surface area (Å²) >= 11 is 3.91. The van der Waals surface area contributed by atoms with Crippen LogP contribution in [0.2, 0.25) is 0 Å². The van der Waals surface area contributed by atoms with Crippen molar-refractivity contribution in [3.63, 3.8) is 0 Å². The summed E-state index contributed by atoms with van der Waals surface area (Å²) in [6.07, 6.45) is 1.40. The fraction of sp³-hybridized carbons (Fsp3) is 0.706. The van der Waals surface area contributed by atoms with Gasteiger partial charge in [0, 0.05) is 18.8 Å². The predicted molar refractivity (Wildman–Crippen MR) is 115 cm³/mol. The van der Waals surface area contributed by atoms with E-state index < -0.39 is 54.5 Å². The lowest BCUT2D eigenvalue weighted by Gasteiger charge is -2.29. The number of aliphatic hydroxyl groups is 1. The van der Waals surface area contributed by atoms with Crippen molar-refractivity contribution < 1.29 is 29.4 Å². The molecule has 1 heterocycles. The van der Waals surface area contributed by atoms with Crippen molar-refractivity contribution in [1.29, 1.82) is 0 Å². The second kappa shape index (κ2) is 13.0. The number of carboxylic acid groups (broad SMARTS) is 1. The van der Waals surface area contributed by atoms with Crippen molar-refractivity contribution in [1.82, 2.24) is 15.5 Å². The molecule has 0 aliphatic carbocycles. The molecule has 0 aromatic carbocycles. The Morgan fingerprint density at radius 1 is 1.19 bits per heavy atom. The van der Waals surface area contributed by atoms with Gasteiger partial charge >= 0.3 is 5.97 Å². The average molecular weight is 462 g/mol. The molecule has 13 nitrogen and oxygen atoms in total. The number of hydrogen-bond acceptors (Lipinski definition) is 8. The average Bonchev–Trinajstić information content (AvgIpc) is 3.22. The van der Waals surface area contributed by atoms with Gasteiger partial charge in [0.05, 0.1) is 6.61 Å². The molecule has 0 spiro atoms. The van der Waals surface area contributed by atoms with Crippen LogP contribution in [0.3, 0.4) is 0 Å². The fourth-order valence-corrected chi connectivity index (χ4v) is 3.33. The predicted octanol–water partition coefficient (Wildman–Crippen LogP) is -3.67. The summed E-state index contributed by atoms with van der Waals surface area (Å²) < 4.78 is 0. The highest BCUT2D eigenvalue weighted by Crippen LogP contribution is 2.20. The number of amides is 3. The van der Waals surface area contributed by atoms with Gasteiger partial charge in [0.15, 0.2) is 5.96 Å². The molecule has 0 radical (unpaired) electrons. The Balaban J connectivity index is 2.93. The number of hydrogen-bond donors (Lipinski definition) is 8. The first kappa shape index (κ1) is 26.5. The highest BCUT2D eigenvalue weighted by Gasteiger charge is 2.38. The van der Waals surface area contributed by atoms with Crippen molar-refractivity contribution in [2.45, 2.75) is 49.9 Å². The molecule has 4 atom stereocenters. The quantitative estimate of drug-likeness (QED) is 0.0619. The standard InChI is InChI=1S/C17H31N7O6S/c18-9(7-25)13(26)22-10(3-1-5-21-17(19)20)15(28)24-6-2-4-12(24)14(27)23-11(8-31)16(29)30/h9-12,25,31H,1-8,18H2,(H,22,26)(H,23,27)(H,29,30)(H4,19,20,21). The Labute approximate surface area is 185 Å². The van der Waals surface area contributed by atoms with Gasteiger partial charge < -0.3 is 42.9 Å². The van der Waals surface area contributed by atoms with Crippen LogP contribution in [0, 0.1) is 0 Å². The number of nitrogens with two attached hydrogens (primary N) is 3. The molecular weight excluding hydrogens is 430 g/mol. The van der Waals surface area contributed by atoms with E-state index in [0.717, 1.165) is 0 Å². The number of guanidine groups is 1. The van der Waals surface area contributed by atoms with Crippen LogP contribution in [-0.4, -0.2) is 94.4 Å². The molecular formula is C17H31N7O6S. The molecule has 3 amide bonds. The molecule has 1 aliphatic rings. The van der Waals surface area contributed by atoms with Gasteiger partial charge in [-0.05, 0) is 25.7 Å². The minimum atomic E-state index is -1.23. The monoisotopic (exact) mass is 461 g/mol. The Kier molecular flexibility index (Phi) is 11.1. The third-order valence-electron chi connectivity index (χ3n) is 4.73. The molecule has 0 bridgehead atoms. The van der Waals surface area contributed by atoms with E-state index in [2.05, 4.69) is 28.3 Å². The Morgan fingerprint density at radius 2 is 1.87 bits per heavy atom. The molecule has 10 N–H and O–H groups in total. The summed E-state index contributed by atoms with van der Waals surface area (Å²) in [6, 6.07) is -4.30. The smallest absolute Gasteiger partial charge is 0.327 e. The number of likely N-dealkylation sites (tertiary alicyclic amines) is 1. The third-order valence-corrected chi connectivity index (χ3v) is 5.09. The van der Waals surface area contributed by atoms with E-state index in [1.807, 2.05) is 0 Å². The van der Waals surface area contributed by atoms with Crippen molar-refractivity contribution in [3.05, 3.63) is 0 Å². The summed E-state index contributed by atoms with van der Waals surface area (Å²) in [6.45, 7) is -0.113. The zero-order valence-corrected chi connectivity index (χ0v) is 18.0. The lowest BCUT2D eigenvalue weighted by molar-refractivity contribution is -0.144. The van der Waals surface area contributed by atoms with Crippen molar-refractivity contribution in [3.8, 4) is 0 Å². The normalized spacial score (nSPS) is 18.5. The maximum Gasteiger partial charge on any atom is 0.327 e. The molecule has 31 heavy (non-hydrogen) atoms. The van der Waals surface area contributed by atoms with Crippen LogP contribution in [0.4, 0.5) is 0 Å². The molecule has 14 heteroatoms. The summed E-state index contributed by atoms with van der Waals surface area (Å²) in [4.78, 5) is 54.1. The fourth-order valence-electron chi connectivity index (χ4n) is 3.08. The Hall–Kier alpha value is -2.58. The molecule has 176 valence electrons. The second-order valence-electron chi connectivity index (χ2n) is 7.07.